The van der Waals surface area contributed by atoms with Crippen LogP contribution in [0.15, 0.2) is 49.0 Å². The average Bonchev–Trinajstić information content (AvgIpc) is 3.45. The average molecular weight is 495 g/mol. The Hall–Kier alpha value is -2.60. The van der Waals surface area contributed by atoms with Gasteiger partial charge in [-0.2, -0.15) is 27.3 Å². The molecule has 0 saturated carbocycles. The van der Waals surface area contributed by atoms with Crippen molar-refractivity contribution in [3.63, 3.8) is 0 Å². The van der Waals surface area contributed by atoms with Gasteiger partial charge in [0.05, 0.1) is 13.2 Å². The molecule has 182 valence electrons. The van der Waals surface area contributed by atoms with Gasteiger partial charge in [0.15, 0.2) is 0 Å². The highest BCUT2D eigenvalue weighted by Crippen LogP contribution is 2.31. The summed E-state index contributed by atoms with van der Waals surface area (Å²) in [6.07, 6.45) is 1.78. The SMILES string of the molecule is C=C.CC(C)NS(=O)(=O)N(C)C.COc1ccc(-c2nn(C(C)C)nc2-c2nccs2)cc1. The summed E-state index contributed by atoms with van der Waals surface area (Å²) >= 11 is 1.57. The highest BCUT2D eigenvalue weighted by Gasteiger charge is 2.18. The first-order chi connectivity index (χ1) is 15.5. The van der Waals surface area contributed by atoms with Gasteiger partial charge < -0.3 is 4.74 Å². The lowest BCUT2D eigenvalue weighted by Gasteiger charge is -2.14. The van der Waals surface area contributed by atoms with Crippen LogP contribution in [0.25, 0.3) is 22.0 Å². The van der Waals surface area contributed by atoms with E-state index < -0.39 is 10.2 Å². The van der Waals surface area contributed by atoms with E-state index in [2.05, 4.69) is 46.9 Å². The third-order valence-corrected chi connectivity index (χ3v) is 6.47. The van der Waals surface area contributed by atoms with Crippen LogP contribution < -0.4 is 9.46 Å². The molecule has 0 aliphatic carbocycles. The zero-order chi connectivity index (χ0) is 25.2. The molecule has 33 heavy (non-hydrogen) atoms. The van der Waals surface area contributed by atoms with E-state index in [0.717, 1.165) is 32.0 Å². The zero-order valence-electron chi connectivity index (χ0n) is 20.3. The lowest BCUT2D eigenvalue weighted by Crippen LogP contribution is -2.39. The molecule has 0 atom stereocenters. The molecular formula is C22H34N6O3S2. The van der Waals surface area contributed by atoms with Crippen LogP contribution in [0.4, 0.5) is 0 Å². The normalized spacial score (nSPS) is 11.1. The number of hydrogen-bond donors (Lipinski definition) is 1. The lowest BCUT2D eigenvalue weighted by molar-refractivity contribution is 0.415. The molecule has 0 saturated heterocycles. The third kappa shape index (κ3) is 8.35. The minimum atomic E-state index is -3.21. The van der Waals surface area contributed by atoms with Crippen LogP contribution in [0.5, 0.6) is 5.75 Å². The van der Waals surface area contributed by atoms with Crippen molar-refractivity contribution < 1.29 is 13.2 Å². The minimum absolute atomic E-state index is 0.0487. The molecule has 3 aromatic rings. The lowest BCUT2D eigenvalue weighted by atomic mass is 10.1. The Kier molecular flexibility index (Phi) is 11.4. The first-order valence-corrected chi connectivity index (χ1v) is 12.6. The van der Waals surface area contributed by atoms with Crippen LogP contribution in [-0.2, 0) is 10.2 Å². The standard InChI is InChI=1S/C15H16N4OS.C5H14N2O2S.C2H4/c1-10(2)19-17-13(11-4-6-12(20-3)7-5-11)14(18-19)15-16-8-9-21-15;1-5(2)6-10(8,9)7(3)4;1-2/h4-10H,1-3H3;5-6H,1-4H3;1-2H2. The Morgan fingerprint density at radius 1 is 1.06 bits per heavy atom. The number of nitrogens with zero attached hydrogens (tertiary/aromatic N) is 5. The molecule has 0 aliphatic rings. The van der Waals surface area contributed by atoms with Crippen molar-refractivity contribution in [1.82, 2.24) is 29.0 Å². The number of nitrogens with one attached hydrogen (secondary N) is 1. The molecule has 0 unspecified atom stereocenters. The quantitative estimate of drug-likeness (QED) is 0.493. The maximum atomic E-state index is 11.0. The summed E-state index contributed by atoms with van der Waals surface area (Å²) in [6, 6.07) is 7.99. The number of thiazole rings is 1. The Labute approximate surface area is 201 Å². The molecule has 0 bridgehead atoms. The topological polar surface area (TPSA) is 102 Å². The second-order valence-corrected chi connectivity index (χ2v) is 10.2. The van der Waals surface area contributed by atoms with E-state index in [9.17, 15) is 8.42 Å². The summed E-state index contributed by atoms with van der Waals surface area (Å²) in [6.45, 7) is 13.7. The summed E-state index contributed by atoms with van der Waals surface area (Å²) in [7, 11) is 1.43. The molecule has 3 rings (SSSR count). The molecule has 0 aliphatic heterocycles. The molecule has 2 aromatic heterocycles. The summed E-state index contributed by atoms with van der Waals surface area (Å²) in [5.74, 6) is 0.825. The Bertz CT molecular complexity index is 1060. The highest BCUT2D eigenvalue weighted by molar-refractivity contribution is 7.87. The summed E-state index contributed by atoms with van der Waals surface area (Å²) in [5, 5.41) is 12.0. The van der Waals surface area contributed by atoms with Crippen molar-refractivity contribution in [1.29, 1.82) is 0 Å². The van der Waals surface area contributed by atoms with Crippen molar-refractivity contribution in [3.8, 4) is 27.7 Å². The van der Waals surface area contributed by atoms with Gasteiger partial charge in [0, 0.05) is 37.3 Å². The van der Waals surface area contributed by atoms with Gasteiger partial charge in [-0.25, -0.2) is 4.98 Å². The fourth-order valence-corrected chi connectivity index (χ4v) is 3.81. The van der Waals surface area contributed by atoms with E-state index >= 15 is 0 Å². The smallest absolute Gasteiger partial charge is 0.279 e. The molecule has 9 nitrogen and oxygen atoms in total. The fourth-order valence-electron chi connectivity index (χ4n) is 2.38. The van der Waals surface area contributed by atoms with Crippen LogP contribution >= 0.6 is 11.3 Å². The van der Waals surface area contributed by atoms with Crippen LogP contribution in [-0.4, -0.2) is 59.9 Å². The van der Waals surface area contributed by atoms with Crippen molar-refractivity contribution in [2.45, 2.75) is 39.8 Å². The Balaban J connectivity index is 0.000000386. The van der Waals surface area contributed by atoms with Crippen molar-refractivity contribution >= 4 is 21.5 Å². The number of hydrogen-bond acceptors (Lipinski definition) is 7. The highest BCUT2D eigenvalue weighted by atomic mass is 32.2. The van der Waals surface area contributed by atoms with Gasteiger partial charge in [0.2, 0.25) is 0 Å². The van der Waals surface area contributed by atoms with Crippen molar-refractivity contribution in [2.75, 3.05) is 21.2 Å². The van der Waals surface area contributed by atoms with Crippen LogP contribution in [0.3, 0.4) is 0 Å². The van der Waals surface area contributed by atoms with Gasteiger partial charge in [0.25, 0.3) is 10.2 Å². The molecule has 11 heteroatoms. The third-order valence-electron chi connectivity index (χ3n) is 3.95. The molecule has 1 aromatic carbocycles. The maximum absolute atomic E-state index is 11.0. The predicted octanol–water partition coefficient (Wildman–Crippen LogP) is 4.25. The molecule has 0 fully saturated rings. The Morgan fingerprint density at radius 3 is 2.03 bits per heavy atom. The largest absolute Gasteiger partial charge is 0.497 e. The van der Waals surface area contributed by atoms with Crippen LogP contribution in [0, 0.1) is 0 Å². The Morgan fingerprint density at radius 2 is 1.64 bits per heavy atom. The maximum Gasteiger partial charge on any atom is 0.279 e. The van der Waals surface area contributed by atoms with Gasteiger partial charge in [0.1, 0.15) is 22.1 Å². The fraction of sp³-hybridized carbons (Fsp3) is 0.409. The molecular weight excluding hydrogens is 460 g/mol. The second-order valence-electron chi connectivity index (χ2n) is 7.44. The summed E-state index contributed by atoms with van der Waals surface area (Å²) < 4.78 is 30.7. The summed E-state index contributed by atoms with van der Waals surface area (Å²) in [5.41, 5.74) is 2.68. The monoisotopic (exact) mass is 494 g/mol. The van der Waals surface area contributed by atoms with Gasteiger partial charge in [-0.05, 0) is 52.0 Å². The van der Waals surface area contributed by atoms with E-state index in [1.54, 1.807) is 43.3 Å². The minimum Gasteiger partial charge on any atom is -0.497 e. The molecule has 2 heterocycles. The molecule has 0 radical (unpaired) electrons. The van der Waals surface area contributed by atoms with E-state index in [0.29, 0.717) is 0 Å². The molecule has 0 amide bonds. The van der Waals surface area contributed by atoms with Crippen LogP contribution in [0.1, 0.15) is 33.7 Å². The molecule has 1 N–H and O–H groups in total. The van der Waals surface area contributed by atoms with Gasteiger partial charge >= 0.3 is 0 Å². The number of rotatable bonds is 7. The number of methoxy groups -OCH3 is 1. The van der Waals surface area contributed by atoms with E-state index in [-0.39, 0.29) is 12.1 Å². The first kappa shape index (κ1) is 28.4. The van der Waals surface area contributed by atoms with E-state index in [1.807, 2.05) is 29.6 Å². The summed E-state index contributed by atoms with van der Waals surface area (Å²) in [4.78, 5) is 6.09. The second kappa shape index (κ2) is 13.2. The predicted molar refractivity (Wildman–Crippen MR) is 136 cm³/mol. The van der Waals surface area contributed by atoms with Crippen LogP contribution in [0.2, 0.25) is 0 Å². The van der Waals surface area contributed by atoms with E-state index in [1.165, 1.54) is 14.1 Å². The van der Waals surface area contributed by atoms with Gasteiger partial charge in [-0.15, -0.1) is 29.6 Å². The number of aromatic nitrogens is 4. The number of ether oxygens (including phenoxy) is 1. The van der Waals surface area contributed by atoms with Crippen molar-refractivity contribution in [3.05, 3.63) is 49.0 Å². The number of benzene rings is 1. The van der Waals surface area contributed by atoms with Gasteiger partial charge in [-0.3, -0.25) is 0 Å². The first-order valence-electron chi connectivity index (χ1n) is 10.3. The zero-order valence-corrected chi connectivity index (χ0v) is 21.9. The van der Waals surface area contributed by atoms with Crippen molar-refractivity contribution in [2.24, 2.45) is 0 Å². The molecule has 0 spiro atoms. The van der Waals surface area contributed by atoms with Gasteiger partial charge in [-0.1, -0.05) is 0 Å². The van der Waals surface area contributed by atoms with E-state index in [4.69, 9.17) is 4.74 Å².